The molecule has 1 fully saturated rings. The number of aryl methyl sites for hydroxylation is 6. The Hall–Kier alpha value is -4.28. The molecule has 4 nitrogen and oxygen atoms in total. The summed E-state index contributed by atoms with van der Waals surface area (Å²) in [5.41, 5.74) is 19.8. The van der Waals surface area contributed by atoms with Crippen LogP contribution in [0.1, 0.15) is 74.9 Å². The normalized spacial score (nSPS) is 15.1. The van der Waals surface area contributed by atoms with Crippen molar-refractivity contribution in [3.63, 3.8) is 0 Å². The number of piperidine rings is 1. The van der Waals surface area contributed by atoms with Crippen LogP contribution in [0.15, 0.2) is 79.1 Å². The Labute approximate surface area is 287 Å². The van der Waals surface area contributed by atoms with Gasteiger partial charge in [-0.25, -0.2) is 0 Å². The van der Waals surface area contributed by atoms with Crippen molar-refractivity contribution in [3.05, 3.63) is 135 Å². The average Bonchev–Trinajstić information content (AvgIpc) is 3.57. The topological polar surface area (TPSA) is 32.3 Å². The first-order valence-corrected chi connectivity index (χ1v) is 17.9. The number of likely N-dealkylation sites (tertiary alicyclic amines) is 1. The molecule has 1 aliphatic carbocycles. The van der Waals surface area contributed by atoms with Gasteiger partial charge in [0.25, 0.3) is 0 Å². The van der Waals surface area contributed by atoms with E-state index in [1.165, 1.54) is 86.1 Å². The zero-order valence-corrected chi connectivity index (χ0v) is 29.7. The fraction of sp³-hybridized carbons (Fsp3) is 0.364. The van der Waals surface area contributed by atoms with Crippen LogP contribution in [-0.2, 0) is 25.9 Å². The smallest absolute Gasteiger partial charge is 0.0752 e. The number of fused-ring (bicyclic) bond motifs is 1. The van der Waals surface area contributed by atoms with E-state index in [0.29, 0.717) is 6.04 Å². The molecule has 5 aromatic rings. The van der Waals surface area contributed by atoms with Crippen LogP contribution >= 0.6 is 0 Å². The number of benzene rings is 3. The molecule has 1 saturated heterocycles. The fourth-order valence-corrected chi connectivity index (χ4v) is 7.91. The molecule has 0 saturated carbocycles. The highest BCUT2D eigenvalue weighted by atomic mass is 15.2. The second-order valence-corrected chi connectivity index (χ2v) is 14.5. The number of nitrogens with zero attached hydrogens (tertiary/aromatic N) is 4. The Morgan fingerprint density at radius 1 is 0.688 bits per heavy atom. The minimum atomic E-state index is 0.474. The van der Waals surface area contributed by atoms with E-state index in [9.17, 15) is 0 Å². The summed E-state index contributed by atoms with van der Waals surface area (Å²) in [7, 11) is 0. The molecule has 0 amide bonds. The van der Waals surface area contributed by atoms with E-state index >= 15 is 0 Å². The summed E-state index contributed by atoms with van der Waals surface area (Å²) in [6, 6.07) is 25.8. The monoisotopic (exact) mass is 634 g/mol. The zero-order chi connectivity index (χ0) is 33.4. The van der Waals surface area contributed by atoms with Crippen molar-refractivity contribution < 1.29 is 0 Å². The van der Waals surface area contributed by atoms with Gasteiger partial charge in [-0.05, 0) is 184 Å². The van der Waals surface area contributed by atoms with Gasteiger partial charge in [-0.2, -0.15) is 0 Å². The first kappa shape index (κ1) is 32.3. The van der Waals surface area contributed by atoms with Crippen molar-refractivity contribution in [1.82, 2.24) is 14.9 Å². The Balaban J connectivity index is 1.12. The summed E-state index contributed by atoms with van der Waals surface area (Å²) in [5, 5.41) is 0. The molecule has 4 heteroatoms. The Bertz CT molecular complexity index is 1900. The van der Waals surface area contributed by atoms with Gasteiger partial charge in [-0.15, -0.1) is 0 Å². The summed E-state index contributed by atoms with van der Waals surface area (Å²) < 4.78 is 0. The van der Waals surface area contributed by atoms with Crippen LogP contribution in [0.25, 0.3) is 22.5 Å². The van der Waals surface area contributed by atoms with Crippen LogP contribution in [-0.4, -0.2) is 34.0 Å². The standard InChI is InChI=1S/C44H50N4/c1-29-21-39(22-30(2)33(29)5)43-25-35(14-18-45-43)27-47-19-15-41(16-20-47)48(42-13-12-36-9-7-10-37(36)26-42)28-38-11-8-17-46-44(38)40-23-31(3)34(6)32(4)24-40/h8,11-14,17-18,21-26,41H,7,9-10,15-16,19-20,27-28H2,1-6H3. The molecule has 2 aromatic heterocycles. The van der Waals surface area contributed by atoms with Crippen LogP contribution < -0.4 is 4.90 Å². The third-order valence-electron chi connectivity index (χ3n) is 11.3. The molecule has 0 N–H and O–H groups in total. The predicted molar refractivity (Wildman–Crippen MR) is 201 cm³/mol. The number of hydrogen-bond acceptors (Lipinski definition) is 4. The van der Waals surface area contributed by atoms with Gasteiger partial charge in [-0.1, -0.05) is 12.1 Å². The van der Waals surface area contributed by atoms with Gasteiger partial charge in [0.15, 0.2) is 0 Å². The van der Waals surface area contributed by atoms with Gasteiger partial charge >= 0.3 is 0 Å². The number of anilines is 1. The molecule has 2 aliphatic rings. The second kappa shape index (κ2) is 13.7. The zero-order valence-electron chi connectivity index (χ0n) is 29.7. The molecule has 7 rings (SSSR count). The molecular formula is C44H50N4. The highest BCUT2D eigenvalue weighted by Crippen LogP contribution is 2.34. The van der Waals surface area contributed by atoms with Crippen molar-refractivity contribution in [1.29, 1.82) is 0 Å². The summed E-state index contributed by atoms with van der Waals surface area (Å²) in [5.74, 6) is 0. The van der Waals surface area contributed by atoms with E-state index in [2.05, 4.69) is 118 Å². The summed E-state index contributed by atoms with van der Waals surface area (Å²) in [4.78, 5) is 15.1. The van der Waals surface area contributed by atoms with Crippen molar-refractivity contribution in [2.45, 2.75) is 92.8 Å². The second-order valence-electron chi connectivity index (χ2n) is 14.5. The Kier molecular flexibility index (Phi) is 9.20. The van der Waals surface area contributed by atoms with Gasteiger partial charge in [0.1, 0.15) is 0 Å². The summed E-state index contributed by atoms with van der Waals surface area (Å²) in [6.07, 6.45) is 9.91. The molecule has 0 spiro atoms. The minimum absolute atomic E-state index is 0.474. The highest BCUT2D eigenvalue weighted by Gasteiger charge is 2.27. The SMILES string of the molecule is Cc1cc(-c2cc(CN3CCC(N(Cc4cccnc4-c4cc(C)c(C)c(C)c4)c4ccc5c(c4)CCC5)CC3)ccn2)cc(C)c1C. The predicted octanol–water partition coefficient (Wildman–Crippen LogP) is 9.82. The fourth-order valence-electron chi connectivity index (χ4n) is 7.91. The van der Waals surface area contributed by atoms with E-state index in [4.69, 9.17) is 9.97 Å². The first-order chi connectivity index (χ1) is 23.2. The Morgan fingerprint density at radius 2 is 1.35 bits per heavy atom. The van der Waals surface area contributed by atoms with Crippen molar-refractivity contribution in [3.8, 4) is 22.5 Å². The molecule has 0 unspecified atom stereocenters. The maximum atomic E-state index is 4.97. The number of aromatic nitrogens is 2. The van der Waals surface area contributed by atoms with Gasteiger partial charge < -0.3 is 4.90 Å². The van der Waals surface area contributed by atoms with E-state index in [1.54, 1.807) is 5.56 Å². The first-order valence-electron chi connectivity index (χ1n) is 17.9. The number of pyridine rings is 2. The van der Waals surface area contributed by atoms with Gasteiger partial charge in [0.2, 0.25) is 0 Å². The lowest BCUT2D eigenvalue weighted by Crippen LogP contribution is -2.44. The van der Waals surface area contributed by atoms with Crippen molar-refractivity contribution in [2.75, 3.05) is 18.0 Å². The van der Waals surface area contributed by atoms with Gasteiger partial charge in [0, 0.05) is 61.4 Å². The largest absolute Gasteiger partial charge is 0.364 e. The number of hydrogen-bond donors (Lipinski definition) is 0. The average molecular weight is 635 g/mol. The quantitative estimate of drug-likeness (QED) is 0.170. The third-order valence-corrected chi connectivity index (χ3v) is 11.3. The minimum Gasteiger partial charge on any atom is -0.364 e. The van der Waals surface area contributed by atoms with Crippen LogP contribution in [0.5, 0.6) is 0 Å². The maximum absolute atomic E-state index is 4.97. The molecule has 48 heavy (non-hydrogen) atoms. The molecule has 1 aliphatic heterocycles. The molecule has 3 aromatic carbocycles. The van der Waals surface area contributed by atoms with E-state index in [-0.39, 0.29) is 0 Å². The van der Waals surface area contributed by atoms with Crippen molar-refractivity contribution >= 4 is 5.69 Å². The van der Waals surface area contributed by atoms with E-state index in [1.807, 2.05) is 12.4 Å². The lowest BCUT2D eigenvalue weighted by molar-refractivity contribution is 0.201. The lowest BCUT2D eigenvalue weighted by Gasteiger charge is -2.40. The summed E-state index contributed by atoms with van der Waals surface area (Å²) in [6.45, 7) is 17.3. The van der Waals surface area contributed by atoms with Crippen molar-refractivity contribution in [2.24, 2.45) is 0 Å². The van der Waals surface area contributed by atoms with Crippen LogP contribution in [0.4, 0.5) is 5.69 Å². The van der Waals surface area contributed by atoms with Crippen LogP contribution in [0.2, 0.25) is 0 Å². The van der Waals surface area contributed by atoms with Gasteiger partial charge in [0.05, 0.1) is 11.4 Å². The lowest BCUT2D eigenvalue weighted by atomic mass is 9.95. The molecule has 246 valence electrons. The maximum Gasteiger partial charge on any atom is 0.0752 e. The number of rotatable bonds is 8. The van der Waals surface area contributed by atoms with Crippen LogP contribution in [0, 0.1) is 41.5 Å². The molecule has 3 heterocycles. The third kappa shape index (κ3) is 6.69. The van der Waals surface area contributed by atoms with Gasteiger partial charge in [-0.3, -0.25) is 14.9 Å². The molecule has 0 bridgehead atoms. The molecule has 0 atom stereocenters. The molecular weight excluding hydrogens is 585 g/mol. The Morgan fingerprint density at radius 3 is 2.06 bits per heavy atom. The molecule has 0 radical (unpaired) electrons. The van der Waals surface area contributed by atoms with E-state index in [0.717, 1.165) is 50.4 Å². The van der Waals surface area contributed by atoms with E-state index < -0.39 is 0 Å². The highest BCUT2D eigenvalue weighted by molar-refractivity contribution is 5.67. The van der Waals surface area contributed by atoms with Crippen LogP contribution in [0.3, 0.4) is 0 Å². The summed E-state index contributed by atoms with van der Waals surface area (Å²) >= 11 is 0.